The van der Waals surface area contributed by atoms with E-state index < -0.39 is 0 Å². The summed E-state index contributed by atoms with van der Waals surface area (Å²) in [5, 5.41) is 11.3. The fourth-order valence-electron chi connectivity index (χ4n) is 3.48. The second-order valence-electron chi connectivity index (χ2n) is 6.26. The monoisotopic (exact) mass is 329 g/mol. The van der Waals surface area contributed by atoms with Gasteiger partial charge in [0.15, 0.2) is 0 Å². The summed E-state index contributed by atoms with van der Waals surface area (Å²) in [5.74, 6) is 0.0464. The average molecular weight is 329 g/mol. The first-order chi connectivity index (χ1) is 12.3. The van der Waals surface area contributed by atoms with E-state index >= 15 is 0 Å². The zero-order valence-corrected chi connectivity index (χ0v) is 13.9. The van der Waals surface area contributed by atoms with Gasteiger partial charge in [-0.05, 0) is 42.7 Å². The quantitative estimate of drug-likeness (QED) is 0.560. The molecule has 1 heterocycles. The first kappa shape index (κ1) is 15.5. The standard InChI is InChI=1S/C22H19NO2/c24-20-14-6-13-19-21(20)22(25)17-11-4-5-12-18(17)23(19)15-7-10-16-8-2-1-3-9-16/h1-6,8-9,11-14,24H,7,10,15H2. The minimum Gasteiger partial charge on any atom is -0.507 e. The Morgan fingerprint density at radius 2 is 1.52 bits per heavy atom. The molecule has 1 aromatic heterocycles. The molecular weight excluding hydrogens is 310 g/mol. The Morgan fingerprint density at radius 3 is 2.36 bits per heavy atom. The zero-order chi connectivity index (χ0) is 17.2. The zero-order valence-electron chi connectivity index (χ0n) is 13.9. The molecule has 0 aliphatic heterocycles. The normalized spacial score (nSPS) is 11.2. The van der Waals surface area contributed by atoms with Gasteiger partial charge in [-0.15, -0.1) is 0 Å². The lowest BCUT2D eigenvalue weighted by molar-refractivity contribution is 0.481. The first-order valence-corrected chi connectivity index (χ1v) is 8.53. The largest absolute Gasteiger partial charge is 0.507 e. The van der Waals surface area contributed by atoms with Crippen LogP contribution in [0.3, 0.4) is 0 Å². The van der Waals surface area contributed by atoms with Crippen molar-refractivity contribution in [2.75, 3.05) is 0 Å². The van der Waals surface area contributed by atoms with Crippen LogP contribution in [-0.4, -0.2) is 9.67 Å². The number of phenolic OH excluding ortho intramolecular Hbond substituents is 1. The molecule has 0 aliphatic rings. The van der Waals surface area contributed by atoms with E-state index in [-0.39, 0.29) is 11.2 Å². The van der Waals surface area contributed by atoms with Gasteiger partial charge in [0, 0.05) is 11.9 Å². The molecule has 25 heavy (non-hydrogen) atoms. The molecule has 0 radical (unpaired) electrons. The van der Waals surface area contributed by atoms with Crippen LogP contribution in [0.4, 0.5) is 0 Å². The number of nitrogens with zero attached hydrogens (tertiary/aromatic N) is 1. The van der Waals surface area contributed by atoms with Crippen molar-refractivity contribution in [3.63, 3.8) is 0 Å². The first-order valence-electron chi connectivity index (χ1n) is 8.53. The summed E-state index contributed by atoms with van der Waals surface area (Å²) < 4.78 is 2.15. The third kappa shape index (κ3) is 2.78. The molecule has 0 saturated heterocycles. The van der Waals surface area contributed by atoms with E-state index in [1.807, 2.05) is 36.4 Å². The molecule has 0 bridgehead atoms. The highest BCUT2D eigenvalue weighted by Gasteiger charge is 2.13. The fourth-order valence-corrected chi connectivity index (χ4v) is 3.48. The van der Waals surface area contributed by atoms with E-state index in [0.717, 1.165) is 30.4 Å². The van der Waals surface area contributed by atoms with Gasteiger partial charge in [0.2, 0.25) is 5.43 Å². The lowest BCUT2D eigenvalue weighted by atomic mass is 10.1. The fraction of sp³-hybridized carbons (Fsp3) is 0.136. The van der Waals surface area contributed by atoms with Crippen molar-refractivity contribution in [2.24, 2.45) is 0 Å². The van der Waals surface area contributed by atoms with Crippen LogP contribution >= 0.6 is 0 Å². The van der Waals surface area contributed by atoms with Gasteiger partial charge in [-0.3, -0.25) is 4.79 Å². The smallest absolute Gasteiger partial charge is 0.200 e. The van der Waals surface area contributed by atoms with Crippen LogP contribution in [0, 0.1) is 0 Å². The maximum absolute atomic E-state index is 12.8. The highest BCUT2D eigenvalue weighted by atomic mass is 16.3. The van der Waals surface area contributed by atoms with Crippen LogP contribution in [-0.2, 0) is 13.0 Å². The maximum Gasteiger partial charge on any atom is 0.200 e. The number of rotatable bonds is 4. The highest BCUT2D eigenvalue weighted by Crippen LogP contribution is 2.25. The molecule has 0 unspecified atom stereocenters. The second-order valence-corrected chi connectivity index (χ2v) is 6.26. The van der Waals surface area contributed by atoms with Crippen molar-refractivity contribution in [1.29, 1.82) is 0 Å². The Kier molecular flexibility index (Phi) is 3.98. The third-order valence-electron chi connectivity index (χ3n) is 4.67. The number of phenols is 1. The lowest BCUT2D eigenvalue weighted by Gasteiger charge is -2.15. The van der Waals surface area contributed by atoms with Crippen molar-refractivity contribution in [2.45, 2.75) is 19.4 Å². The molecule has 0 aliphatic carbocycles. The number of hydrogen-bond donors (Lipinski definition) is 1. The maximum atomic E-state index is 12.8. The van der Waals surface area contributed by atoms with Gasteiger partial charge in [0.05, 0.1) is 16.4 Å². The van der Waals surface area contributed by atoms with Gasteiger partial charge in [-0.25, -0.2) is 0 Å². The Hall–Kier alpha value is -3.07. The molecule has 0 atom stereocenters. The van der Waals surface area contributed by atoms with Crippen LogP contribution < -0.4 is 5.43 Å². The highest BCUT2D eigenvalue weighted by molar-refractivity contribution is 5.96. The molecule has 4 aromatic rings. The molecule has 0 amide bonds. The molecule has 124 valence electrons. The van der Waals surface area contributed by atoms with Gasteiger partial charge in [0.25, 0.3) is 0 Å². The van der Waals surface area contributed by atoms with E-state index in [2.05, 4.69) is 28.8 Å². The lowest BCUT2D eigenvalue weighted by Crippen LogP contribution is -2.12. The van der Waals surface area contributed by atoms with E-state index in [1.54, 1.807) is 12.1 Å². The van der Waals surface area contributed by atoms with Gasteiger partial charge in [-0.1, -0.05) is 48.5 Å². The van der Waals surface area contributed by atoms with Gasteiger partial charge < -0.3 is 9.67 Å². The molecule has 0 saturated carbocycles. The van der Waals surface area contributed by atoms with Gasteiger partial charge >= 0.3 is 0 Å². The van der Waals surface area contributed by atoms with Crippen LogP contribution in [0.5, 0.6) is 5.75 Å². The molecule has 1 N–H and O–H groups in total. The summed E-state index contributed by atoms with van der Waals surface area (Å²) in [5.41, 5.74) is 2.90. The number of aromatic nitrogens is 1. The number of aromatic hydroxyl groups is 1. The summed E-state index contributed by atoms with van der Waals surface area (Å²) in [6.45, 7) is 0.787. The summed E-state index contributed by atoms with van der Waals surface area (Å²) in [4.78, 5) is 12.8. The number of aryl methyl sites for hydroxylation is 2. The van der Waals surface area contributed by atoms with E-state index in [9.17, 15) is 9.90 Å². The number of benzene rings is 3. The van der Waals surface area contributed by atoms with Gasteiger partial charge in [-0.2, -0.15) is 0 Å². The number of hydrogen-bond acceptors (Lipinski definition) is 2. The minimum atomic E-state index is -0.108. The van der Waals surface area contributed by atoms with Crippen molar-refractivity contribution < 1.29 is 5.11 Å². The summed E-state index contributed by atoms with van der Waals surface area (Å²) in [6.07, 6.45) is 1.93. The summed E-state index contributed by atoms with van der Waals surface area (Å²) in [6, 6.07) is 23.3. The second kappa shape index (κ2) is 6.44. The third-order valence-corrected chi connectivity index (χ3v) is 4.67. The molecular formula is C22H19NO2. The van der Waals surface area contributed by atoms with Crippen molar-refractivity contribution >= 4 is 21.8 Å². The number of pyridine rings is 1. The predicted octanol–water partition coefficient (Wildman–Crippen LogP) is 4.49. The van der Waals surface area contributed by atoms with Crippen LogP contribution in [0.1, 0.15) is 12.0 Å². The average Bonchev–Trinajstić information content (AvgIpc) is 2.65. The van der Waals surface area contributed by atoms with Crippen molar-refractivity contribution in [1.82, 2.24) is 4.57 Å². The molecule has 3 nitrogen and oxygen atoms in total. The minimum absolute atomic E-state index is 0.0464. The Morgan fingerprint density at radius 1 is 0.800 bits per heavy atom. The van der Waals surface area contributed by atoms with E-state index in [0.29, 0.717) is 10.8 Å². The molecule has 3 aromatic carbocycles. The SMILES string of the molecule is O=c1c2ccccc2n(CCCc2ccccc2)c2cccc(O)c12. The Labute approximate surface area is 145 Å². The molecule has 0 spiro atoms. The van der Waals surface area contributed by atoms with E-state index in [1.165, 1.54) is 5.56 Å². The van der Waals surface area contributed by atoms with Crippen molar-refractivity contribution in [3.8, 4) is 5.75 Å². The topological polar surface area (TPSA) is 42.2 Å². The number of fused-ring (bicyclic) bond motifs is 2. The van der Waals surface area contributed by atoms with Crippen LogP contribution in [0.25, 0.3) is 21.8 Å². The number of para-hydroxylation sites is 1. The molecule has 4 rings (SSSR count). The van der Waals surface area contributed by atoms with E-state index in [4.69, 9.17) is 0 Å². The summed E-state index contributed by atoms with van der Waals surface area (Å²) >= 11 is 0. The van der Waals surface area contributed by atoms with Gasteiger partial charge in [0.1, 0.15) is 5.75 Å². The Bertz CT molecular complexity index is 1100. The predicted molar refractivity (Wildman–Crippen MR) is 102 cm³/mol. The van der Waals surface area contributed by atoms with Crippen LogP contribution in [0.15, 0.2) is 77.6 Å². The Balaban J connectivity index is 1.82. The van der Waals surface area contributed by atoms with Crippen molar-refractivity contribution in [3.05, 3.63) is 88.6 Å². The summed E-state index contributed by atoms with van der Waals surface area (Å²) in [7, 11) is 0. The molecule has 0 fully saturated rings. The van der Waals surface area contributed by atoms with Crippen LogP contribution in [0.2, 0.25) is 0 Å². The molecule has 3 heteroatoms.